The highest BCUT2D eigenvalue weighted by molar-refractivity contribution is 7.91. The van der Waals surface area contributed by atoms with Crippen LogP contribution in [0.15, 0.2) is 24.3 Å². The van der Waals surface area contributed by atoms with Gasteiger partial charge in [-0.25, -0.2) is 8.42 Å². The SMILES string of the molecule is Cc1cccc([C@H](N)[C@H](CO)S(C)(=O)=O)c1. The maximum absolute atomic E-state index is 11.4. The first kappa shape index (κ1) is 13.2. The van der Waals surface area contributed by atoms with Gasteiger partial charge < -0.3 is 10.8 Å². The molecule has 5 heteroatoms. The van der Waals surface area contributed by atoms with Crippen molar-refractivity contribution in [1.82, 2.24) is 0 Å². The van der Waals surface area contributed by atoms with Crippen molar-refractivity contribution >= 4 is 9.84 Å². The van der Waals surface area contributed by atoms with E-state index in [1.807, 2.05) is 25.1 Å². The Morgan fingerprint density at radius 2 is 2.06 bits per heavy atom. The number of hydrogen-bond donors (Lipinski definition) is 2. The molecule has 0 unspecified atom stereocenters. The number of nitrogens with two attached hydrogens (primary N) is 1. The summed E-state index contributed by atoms with van der Waals surface area (Å²) in [6, 6.07) is 6.63. The van der Waals surface area contributed by atoms with Crippen LogP contribution in [0.3, 0.4) is 0 Å². The van der Waals surface area contributed by atoms with Crippen LogP contribution in [0.2, 0.25) is 0 Å². The third-order valence-electron chi connectivity index (χ3n) is 2.56. The van der Waals surface area contributed by atoms with E-state index >= 15 is 0 Å². The zero-order valence-electron chi connectivity index (χ0n) is 9.42. The minimum Gasteiger partial charge on any atom is -0.395 e. The van der Waals surface area contributed by atoms with Crippen molar-refractivity contribution in [2.45, 2.75) is 18.2 Å². The second kappa shape index (κ2) is 4.95. The quantitative estimate of drug-likeness (QED) is 0.802. The van der Waals surface area contributed by atoms with Crippen LogP contribution in [-0.4, -0.2) is 31.6 Å². The van der Waals surface area contributed by atoms with E-state index in [9.17, 15) is 8.42 Å². The van der Waals surface area contributed by atoms with Gasteiger partial charge in [-0.1, -0.05) is 29.8 Å². The van der Waals surface area contributed by atoms with E-state index in [1.54, 1.807) is 6.07 Å². The molecule has 0 fully saturated rings. The lowest BCUT2D eigenvalue weighted by Gasteiger charge is -2.20. The molecule has 3 N–H and O–H groups in total. The van der Waals surface area contributed by atoms with E-state index in [1.165, 1.54) is 0 Å². The van der Waals surface area contributed by atoms with Gasteiger partial charge in [-0.05, 0) is 12.5 Å². The Kier molecular flexibility index (Phi) is 4.07. The molecule has 0 bridgehead atoms. The van der Waals surface area contributed by atoms with Crippen molar-refractivity contribution in [3.8, 4) is 0 Å². The summed E-state index contributed by atoms with van der Waals surface area (Å²) in [4.78, 5) is 0. The van der Waals surface area contributed by atoms with Crippen molar-refractivity contribution in [2.75, 3.05) is 12.9 Å². The Morgan fingerprint density at radius 1 is 1.44 bits per heavy atom. The van der Waals surface area contributed by atoms with Gasteiger partial charge in [0.15, 0.2) is 9.84 Å². The zero-order chi connectivity index (χ0) is 12.3. The van der Waals surface area contributed by atoms with E-state index in [0.29, 0.717) is 0 Å². The van der Waals surface area contributed by atoms with Crippen molar-refractivity contribution in [3.63, 3.8) is 0 Å². The fraction of sp³-hybridized carbons (Fsp3) is 0.455. The maximum Gasteiger partial charge on any atom is 0.154 e. The molecule has 0 amide bonds. The van der Waals surface area contributed by atoms with Crippen LogP contribution in [0.4, 0.5) is 0 Å². The van der Waals surface area contributed by atoms with Crippen molar-refractivity contribution in [1.29, 1.82) is 0 Å². The van der Waals surface area contributed by atoms with Gasteiger partial charge in [0, 0.05) is 12.3 Å². The van der Waals surface area contributed by atoms with E-state index in [2.05, 4.69) is 0 Å². The highest BCUT2D eigenvalue weighted by Gasteiger charge is 2.28. The van der Waals surface area contributed by atoms with Gasteiger partial charge in [0.2, 0.25) is 0 Å². The molecule has 0 spiro atoms. The molecule has 0 aliphatic carbocycles. The molecular weight excluding hydrogens is 226 g/mol. The summed E-state index contributed by atoms with van der Waals surface area (Å²) in [6.07, 6.45) is 1.09. The minimum atomic E-state index is -3.35. The maximum atomic E-state index is 11.4. The number of rotatable bonds is 4. The van der Waals surface area contributed by atoms with E-state index < -0.39 is 27.7 Å². The molecule has 1 aromatic carbocycles. The monoisotopic (exact) mass is 243 g/mol. The lowest BCUT2D eigenvalue weighted by Crippen LogP contribution is -2.36. The zero-order valence-corrected chi connectivity index (χ0v) is 10.2. The summed E-state index contributed by atoms with van der Waals surface area (Å²) in [5.41, 5.74) is 7.60. The molecule has 1 rings (SSSR count). The first-order valence-corrected chi connectivity index (χ1v) is 6.93. The summed E-state index contributed by atoms with van der Waals surface area (Å²) >= 11 is 0. The van der Waals surface area contributed by atoms with Gasteiger partial charge in [-0.3, -0.25) is 0 Å². The normalized spacial score (nSPS) is 15.8. The predicted octanol–water partition coefficient (Wildman–Crippen LogP) is 0.400. The molecule has 0 aliphatic rings. The third-order valence-corrected chi connectivity index (χ3v) is 4.10. The largest absolute Gasteiger partial charge is 0.395 e. The third kappa shape index (κ3) is 3.04. The smallest absolute Gasteiger partial charge is 0.154 e. The van der Waals surface area contributed by atoms with Gasteiger partial charge in [-0.2, -0.15) is 0 Å². The molecule has 2 atom stereocenters. The minimum absolute atomic E-state index is 0.464. The Balaban J connectivity index is 3.05. The van der Waals surface area contributed by atoms with Crippen LogP contribution >= 0.6 is 0 Å². The number of aliphatic hydroxyl groups excluding tert-OH is 1. The van der Waals surface area contributed by atoms with Crippen molar-refractivity contribution < 1.29 is 13.5 Å². The highest BCUT2D eigenvalue weighted by atomic mass is 32.2. The van der Waals surface area contributed by atoms with E-state index in [0.717, 1.165) is 17.4 Å². The lowest BCUT2D eigenvalue weighted by molar-refractivity contribution is 0.278. The summed E-state index contributed by atoms with van der Waals surface area (Å²) in [5.74, 6) is 0. The van der Waals surface area contributed by atoms with Crippen LogP contribution in [0.25, 0.3) is 0 Å². The summed E-state index contributed by atoms with van der Waals surface area (Å²) < 4.78 is 22.8. The Hall–Kier alpha value is -0.910. The average molecular weight is 243 g/mol. The van der Waals surface area contributed by atoms with Crippen LogP contribution in [0.5, 0.6) is 0 Å². The number of aryl methyl sites for hydroxylation is 1. The second-order valence-corrected chi connectivity index (χ2v) is 6.26. The van der Waals surface area contributed by atoms with Crippen LogP contribution in [0, 0.1) is 6.92 Å². The first-order chi connectivity index (χ1) is 7.36. The van der Waals surface area contributed by atoms with Crippen LogP contribution < -0.4 is 5.73 Å². The number of aliphatic hydroxyl groups is 1. The molecule has 0 radical (unpaired) electrons. The Morgan fingerprint density at radius 3 is 2.50 bits per heavy atom. The molecule has 90 valence electrons. The van der Waals surface area contributed by atoms with Gasteiger partial charge in [0.1, 0.15) is 5.25 Å². The molecule has 1 aromatic rings. The Labute approximate surface area is 96.0 Å². The van der Waals surface area contributed by atoms with Gasteiger partial charge in [-0.15, -0.1) is 0 Å². The first-order valence-electron chi connectivity index (χ1n) is 4.98. The molecule has 0 aliphatic heterocycles. The molecule has 16 heavy (non-hydrogen) atoms. The van der Waals surface area contributed by atoms with Gasteiger partial charge in [0.25, 0.3) is 0 Å². The van der Waals surface area contributed by atoms with E-state index in [-0.39, 0.29) is 0 Å². The summed E-state index contributed by atoms with van der Waals surface area (Å²) in [5, 5.41) is 8.15. The predicted molar refractivity (Wildman–Crippen MR) is 63.8 cm³/mol. The van der Waals surface area contributed by atoms with Crippen molar-refractivity contribution in [2.24, 2.45) is 5.73 Å². The molecular formula is C11H17NO3S. The van der Waals surface area contributed by atoms with Gasteiger partial charge in [0.05, 0.1) is 6.61 Å². The average Bonchev–Trinajstić information content (AvgIpc) is 2.16. The standard InChI is InChI=1S/C11H17NO3S/c1-8-4-3-5-9(6-8)11(12)10(7-13)16(2,14)15/h3-6,10-11,13H,7,12H2,1-2H3/t10-,11-/m0/s1. The van der Waals surface area contributed by atoms with Crippen LogP contribution in [0.1, 0.15) is 17.2 Å². The summed E-state index contributed by atoms with van der Waals surface area (Å²) in [7, 11) is -3.35. The molecule has 4 nitrogen and oxygen atoms in total. The second-order valence-electron chi connectivity index (χ2n) is 3.99. The summed E-state index contributed by atoms with van der Waals surface area (Å²) in [6.45, 7) is 1.44. The number of sulfone groups is 1. The molecule has 0 saturated heterocycles. The fourth-order valence-corrected chi connectivity index (χ4v) is 2.57. The molecule has 0 aromatic heterocycles. The van der Waals surface area contributed by atoms with Crippen molar-refractivity contribution in [3.05, 3.63) is 35.4 Å². The molecule has 0 saturated carbocycles. The van der Waals surface area contributed by atoms with E-state index in [4.69, 9.17) is 10.8 Å². The number of benzene rings is 1. The topological polar surface area (TPSA) is 80.4 Å². The molecule has 0 heterocycles. The van der Waals surface area contributed by atoms with Gasteiger partial charge >= 0.3 is 0 Å². The number of hydrogen-bond acceptors (Lipinski definition) is 4. The fourth-order valence-electron chi connectivity index (χ4n) is 1.61. The lowest BCUT2D eigenvalue weighted by atomic mass is 10.0. The van der Waals surface area contributed by atoms with Crippen LogP contribution in [-0.2, 0) is 9.84 Å². The highest BCUT2D eigenvalue weighted by Crippen LogP contribution is 2.20. The Bertz CT molecular complexity index is 456.